The second-order valence-electron chi connectivity index (χ2n) is 3.66. The summed E-state index contributed by atoms with van der Waals surface area (Å²) >= 11 is 0. The quantitative estimate of drug-likeness (QED) is 0.693. The van der Waals surface area contributed by atoms with Crippen molar-refractivity contribution < 1.29 is 0 Å². The molecule has 0 spiro atoms. The summed E-state index contributed by atoms with van der Waals surface area (Å²) in [5, 5.41) is 0. The average Bonchev–Trinajstić information content (AvgIpc) is 2.46. The third-order valence-corrected chi connectivity index (χ3v) is 2.05. The predicted molar refractivity (Wildman–Crippen MR) is 58.5 cm³/mol. The van der Waals surface area contributed by atoms with Gasteiger partial charge in [-0.25, -0.2) is 9.97 Å². The number of rotatable bonds is 1. The summed E-state index contributed by atoms with van der Waals surface area (Å²) in [5.74, 6) is 1.25. The monoisotopic (exact) mass is 191 g/mol. The Kier molecular flexibility index (Phi) is 2.89. The third-order valence-electron chi connectivity index (χ3n) is 2.05. The number of hydrogen-bond donors (Lipinski definition) is 0. The highest BCUT2D eigenvalue weighted by Crippen LogP contribution is 2.13. The number of aromatic nitrogens is 3. The largest absolute Gasteiger partial charge is 0.291 e. The molecule has 0 N–H and O–H groups in total. The lowest BCUT2D eigenvalue weighted by molar-refractivity contribution is 0.833. The molecule has 0 saturated carbocycles. The first-order valence-corrected chi connectivity index (χ1v) is 4.48. The highest BCUT2D eigenvalue weighted by atomic mass is 15.1. The van der Waals surface area contributed by atoms with Crippen molar-refractivity contribution in [1.29, 1.82) is 0 Å². The van der Waals surface area contributed by atoms with Gasteiger partial charge in [0.15, 0.2) is 0 Å². The zero-order chi connectivity index (χ0) is 9.42. The minimum Gasteiger partial charge on any atom is -0.291 e. The van der Waals surface area contributed by atoms with Crippen LogP contribution in [0.5, 0.6) is 0 Å². The van der Waals surface area contributed by atoms with Crippen LogP contribution in [0.15, 0.2) is 18.6 Å². The molecule has 0 radical (unpaired) electrons. The second-order valence-corrected chi connectivity index (χ2v) is 3.66. The van der Waals surface area contributed by atoms with E-state index in [2.05, 4.69) is 23.8 Å². The molecule has 0 aliphatic heterocycles. The van der Waals surface area contributed by atoms with Crippen LogP contribution in [-0.4, -0.2) is 14.4 Å². The van der Waals surface area contributed by atoms with Gasteiger partial charge in [0.25, 0.3) is 0 Å². The molecule has 0 fully saturated rings. The summed E-state index contributed by atoms with van der Waals surface area (Å²) < 4.78 is 1.98. The van der Waals surface area contributed by atoms with E-state index < -0.39 is 0 Å². The Labute approximate surface area is 84.8 Å². The van der Waals surface area contributed by atoms with Crippen LogP contribution in [0.4, 0.5) is 0 Å². The van der Waals surface area contributed by atoms with Crippen molar-refractivity contribution in [3.63, 3.8) is 0 Å². The van der Waals surface area contributed by atoms with Crippen molar-refractivity contribution in [1.82, 2.24) is 14.4 Å². The summed E-state index contributed by atoms with van der Waals surface area (Å²) in [5.41, 5.74) is 2.25. The van der Waals surface area contributed by atoms with Crippen molar-refractivity contribution in [2.75, 3.05) is 0 Å². The van der Waals surface area contributed by atoms with Gasteiger partial charge in [0.05, 0.1) is 5.69 Å². The summed E-state index contributed by atoms with van der Waals surface area (Å²) in [6.45, 7) is 6.30. The summed E-state index contributed by atoms with van der Waals surface area (Å²) in [4.78, 5) is 8.64. The summed E-state index contributed by atoms with van der Waals surface area (Å²) in [6, 6.07) is 0. The number of hydrogen-bond acceptors (Lipinski definition) is 2. The molecule has 0 aliphatic rings. The Bertz CT molecular complexity index is 429. The number of aryl methyl sites for hydroxylation is 1. The lowest BCUT2D eigenvalue weighted by atomic mass is 10.2. The standard InChI is InChI=1S/C10H13N3.CH4/c1-7(2)9-6-13-5-8(3)4-11-10(13)12-9;/h4-7H,1-3H3;1H4. The van der Waals surface area contributed by atoms with Gasteiger partial charge in [-0.2, -0.15) is 0 Å². The van der Waals surface area contributed by atoms with Crippen LogP contribution in [0.25, 0.3) is 5.78 Å². The van der Waals surface area contributed by atoms with Crippen molar-refractivity contribution in [2.24, 2.45) is 0 Å². The predicted octanol–water partition coefficient (Wildman–Crippen LogP) is 2.80. The van der Waals surface area contributed by atoms with Gasteiger partial charge < -0.3 is 0 Å². The lowest BCUT2D eigenvalue weighted by Crippen LogP contribution is -1.87. The lowest BCUT2D eigenvalue weighted by Gasteiger charge is -1.94. The molecule has 0 bridgehead atoms. The molecule has 76 valence electrons. The molecule has 2 heterocycles. The molecule has 0 saturated heterocycles. The molecule has 14 heavy (non-hydrogen) atoms. The van der Waals surface area contributed by atoms with Crippen molar-refractivity contribution in [3.8, 4) is 0 Å². The molecule has 2 rings (SSSR count). The maximum atomic E-state index is 4.41. The van der Waals surface area contributed by atoms with E-state index in [-0.39, 0.29) is 7.43 Å². The Morgan fingerprint density at radius 1 is 1.29 bits per heavy atom. The van der Waals surface area contributed by atoms with E-state index in [1.165, 1.54) is 0 Å². The Morgan fingerprint density at radius 2 is 2.00 bits per heavy atom. The van der Waals surface area contributed by atoms with Crippen LogP contribution in [0, 0.1) is 6.92 Å². The number of fused-ring (bicyclic) bond motifs is 1. The van der Waals surface area contributed by atoms with Gasteiger partial charge in [-0.3, -0.25) is 4.40 Å². The van der Waals surface area contributed by atoms with E-state index in [0.29, 0.717) is 5.92 Å². The fraction of sp³-hybridized carbons (Fsp3) is 0.455. The van der Waals surface area contributed by atoms with E-state index in [4.69, 9.17) is 0 Å². The molecule has 2 aromatic rings. The maximum absolute atomic E-state index is 4.41. The first-order valence-electron chi connectivity index (χ1n) is 4.48. The van der Waals surface area contributed by atoms with Crippen LogP contribution in [0.1, 0.15) is 38.4 Å². The van der Waals surface area contributed by atoms with Crippen molar-refractivity contribution >= 4 is 5.78 Å². The SMILES string of the molecule is C.Cc1cnc2nc(C(C)C)cn2c1. The molecule has 0 unspecified atom stereocenters. The van der Waals surface area contributed by atoms with E-state index in [1.807, 2.05) is 29.9 Å². The molecule has 2 aromatic heterocycles. The minimum absolute atomic E-state index is 0. The third kappa shape index (κ3) is 1.76. The Balaban J connectivity index is 0.000000980. The van der Waals surface area contributed by atoms with Crippen molar-refractivity contribution in [3.05, 3.63) is 29.8 Å². The van der Waals surface area contributed by atoms with Crippen LogP contribution in [-0.2, 0) is 0 Å². The fourth-order valence-corrected chi connectivity index (χ4v) is 1.28. The average molecular weight is 191 g/mol. The Hall–Kier alpha value is -1.38. The van der Waals surface area contributed by atoms with Crippen molar-refractivity contribution in [2.45, 2.75) is 34.1 Å². The molecule has 0 atom stereocenters. The normalized spacial score (nSPS) is 10.6. The molecule has 3 heteroatoms. The van der Waals surface area contributed by atoms with Crippen LogP contribution in [0.2, 0.25) is 0 Å². The van der Waals surface area contributed by atoms with Gasteiger partial charge >= 0.3 is 0 Å². The molecule has 0 aromatic carbocycles. The van der Waals surface area contributed by atoms with E-state index in [9.17, 15) is 0 Å². The van der Waals surface area contributed by atoms with E-state index >= 15 is 0 Å². The zero-order valence-corrected chi connectivity index (χ0v) is 8.15. The first-order chi connectivity index (χ1) is 6.16. The summed E-state index contributed by atoms with van der Waals surface area (Å²) in [6.07, 6.45) is 5.92. The zero-order valence-electron chi connectivity index (χ0n) is 8.15. The van der Waals surface area contributed by atoms with E-state index in [1.54, 1.807) is 0 Å². The molecular formula is C11H17N3. The van der Waals surface area contributed by atoms with Gasteiger partial charge in [0.2, 0.25) is 5.78 Å². The van der Waals surface area contributed by atoms with Gasteiger partial charge in [0.1, 0.15) is 0 Å². The second kappa shape index (κ2) is 3.78. The van der Waals surface area contributed by atoms with Gasteiger partial charge in [-0.1, -0.05) is 21.3 Å². The highest BCUT2D eigenvalue weighted by Gasteiger charge is 2.05. The molecular weight excluding hydrogens is 174 g/mol. The van der Waals surface area contributed by atoms with Gasteiger partial charge in [0, 0.05) is 18.6 Å². The molecule has 0 amide bonds. The van der Waals surface area contributed by atoms with E-state index in [0.717, 1.165) is 17.0 Å². The number of nitrogens with zero attached hydrogens (tertiary/aromatic N) is 3. The minimum atomic E-state index is 0. The number of imidazole rings is 1. The van der Waals surface area contributed by atoms with Gasteiger partial charge in [-0.15, -0.1) is 0 Å². The first kappa shape index (κ1) is 10.7. The summed E-state index contributed by atoms with van der Waals surface area (Å²) in [7, 11) is 0. The molecule has 3 nitrogen and oxygen atoms in total. The van der Waals surface area contributed by atoms with Crippen LogP contribution < -0.4 is 0 Å². The highest BCUT2D eigenvalue weighted by molar-refractivity contribution is 5.32. The topological polar surface area (TPSA) is 30.2 Å². The van der Waals surface area contributed by atoms with Gasteiger partial charge in [-0.05, 0) is 18.4 Å². The maximum Gasteiger partial charge on any atom is 0.233 e. The van der Waals surface area contributed by atoms with Crippen LogP contribution in [0.3, 0.4) is 0 Å². The fourth-order valence-electron chi connectivity index (χ4n) is 1.28. The van der Waals surface area contributed by atoms with Crippen LogP contribution >= 0.6 is 0 Å². The molecule has 0 aliphatic carbocycles. The smallest absolute Gasteiger partial charge is 0.233 e. The Morgan fingerprint density at radius 3 is 2.64 bits per heavy atom.